The van der Waals surface area contributed by atoms with E-state index < -0.39 is 0 Å². The predicted octanol–water partition coefficient (Wildman–Crippen LogP) is 4.37. The number of nitrogens with one attached hydrogen (secondary N) is 1. The molecule has 0 saturated heterocycles. The molecule has 1 aliphatic rings. The van der Waals surface area contributed by atoms with Crippen LogP contribution in [0.15, 0.2) is 18.2 Å². The van der Waals surface area contributed by atoms with Crippen LogP contribution in [0.25, 0.3) is 0 Å². The third kappa shape index (κ3) is 3.78. The fourth-order valence-electron chi connectivity index (χ4n) is 2.25. The van der Waals surface area contributed by atoms with Crippen molar-refractivity contribution in [1.82, 2.24) is 5.32 Å². The lowest BCUT2D eigenvalue weighted by atomic mass is 10.2. The maximum absolute atomic E-state index is 5.99. The molecule has 1 N–H and O–H groups in total. The van der Waals surface area contributed by atoms with Crippen molar-refractivity contribution < 1.29 is 0 Å². The van der Waals surface area contributed by atoms with Crippen molar-refractivity contribution >= 4 is 35.0 Å². The molecule has 0 amide bonds. The van der Waals surface area contributed by atoms with Gasteiger partial charge in [-0.3, -0.25) is 0 Å². The Morgan fingerprint density at radius 1 is 1.29 bits per heavy atom. The molecule has 17 heavy (non-hydrogen) atoms. The van der Waals surface area contributed by atoms with Gasteiger partial charge in [0, 0.05) is 17.8 Å². The summed E-state index contributed by atoms with van der Waals surface area (Å²) in [4.78, 5) is 0. The third-order valence-electron chi connectivity index (χ3n) is 3.30. The summed E-state index contributed by atoms with van der Waals surface area (Å²) in [6, 6.07) is 6.49. The van der Waals surface area contributed by atoms with Crippen LogP contribution in [0.2, 0.25) is 10.0 Å². The van der Waals surface area contributed by atoms with E-state index in [0.29, 0.717) is 16.1 Å². The number of benzene rings is 1. The largest absolute Gasteiger partial charge is 0.310 e. The van der Waals surface area contributed by atoms with Gasteiger partial charge in [-0.25, -0.2) is 0 Å². The van der Waals surface area contributed by atoms with E-state index in [9.17, 15) is 0 Å². The third-order valence-corrected chi connectivity index (χ3v) is 5.13. The summed E-state index contributed by atoms with van der Waals surface area (Å²) < 4.78 is 0. The topological polar surface area (TPSA) is 12.0 Å². The summed E-state index contributed by atoms with van der Waals surface area (Å²) in [5.74, 6) is 0. The molecule has 0 spiro atoms. The normalized spacial score (nSPS) is 24.2. The van der Waals surface area contributed by atoms with Crippen LogP contribution in [-0.4, -0.2) is 17.5 Å². The number of hydrogen-bond donors (Lipinski definition) is 1. The van der Waals surface area contributed by atoms with Gasteiger partial charge in [0.05, 0.1) is 10.0 Å². The summed E-state index contributed by atoms with van der Waals surface area (Å²) in [7, 11) is 0. The van der Waals surface area contributed by atoms with Gasteiger partial charge in [-0.15, -0.1) is 0 Å². The second-order valence-electron chi connectivity index (χ2n) is 4.50. The van der Waals surface area contributed by atoms with Crippen LogP contribution in [0.5, 0.6) is 0 Å². The fourth-order valence-corrected chi connectivity index (χ4v) is 3.37. The molecule has 2 unspecified atom stereocenters. The molecular weight excluding hydrogens is 273 g/mol. The number of hydrogen-bond acceptors (Lipinski definition) is 2. The summed E-state index contributed by atoms with van der Waals surface area (Å²) in [5, 5.41) is 5.69. The first-order chi connectivity index (χ1) is 8.19. The van der Waals surface area contributed by atoms with E-state index in [1.54, 1.807) is 0 Å². The highest BCUT2D eigenvalue weighted by Gasteiger charge is 2.23. The lowest BCUT2D eigenvalue weighted by Gasteiger charge is -2.13. The molecule has 1 aliphatic carbocycles. The Bertz CT molecular complexity index is 384. The Morgan fingerprint density at radius 2 is 2.12 bits per heavy atom. The highest BCUT2D eigenvalue weighted by Crippen LogP contribution is 2.28. The molecule has 0 aromatic heterocycles. The van der Waals surface area contributed by atoms with E-state index in [1.807, 2.05) is 30.0 Å². The molecule has 0 bridgehead atoms. The van der Waals surface area contributed by atoms with Crippen molar-refractivity contribution in [3.05, 3.63) is 33.8 Å². The molecule has 1 saturated carbocycles. The van der Waals surface area contributed by atoms with E-state index in [4.69, 9.17) is 23.2 Å². The Labute approximate surface area is 117 Å². The molecular formula is C13H17Cl2NS. The maximum Gasteiger partial charge on any atom is 0.0595 e. The molecule has 1 aromatic rings. The Morgan fingerprint density at radius 3 is 2.76 bits per heavy atom. The van der Waals surface area contributed by atoms with Gasteiger partial charge in [-0.05, 0) is 43.2 Å². The van der Waals surface area contributed by atoms with Crippen LogP contribution in [0, 0.1) is 0 Å². The van der Waals surface area contributed by atoms with Crippen LogP contribution < -0.4 is 5.32 Å². The summed E-state index contributed by atoms with van der Waals surface area (Å²) in [6.45, 7) is 0.878. The van der Waals surface area contributed by atoms with Gasteiger partial charge in [0.15, 0.2) is 0 Å². The van der Waals surface area contributed by atoms with Crippen LogP contribution in [0.1, 0.15) is 24.8 Å². The Kier molecular flexibility index (Phi) is 5.04. The van der Waals surface area contributed by atoms with Gasteiger partial charge in [-0.1, -0.05) is 29.3 Å². The Balaban J connectivity index is 1.84. The predicted molar refractivity (Wildman–Crippen MR) is 78.2 cm³/mol. The lowest BCUT2D eigenvalue weighted by Crippen LogP contribution is -2.26. The minimum absolute atomic E-state index is 0.624. The first kappa shape index (κ1) is 13.5. The van der Waals surface area contributed by atoms with Crippen molar-refractivity contribution in [2.45, 2.75) is 37.1 Å². The van der Waals surface area contributed by atoms with Gasteiger partial charge < -0.3 is 5.32 Å². The zero-order valence-electron chi connectivity index (χ0n) is 9.88. The van der Waals surface area contributed by atoms with Crippen molar-refractivity contribution in [1.29, 1.82) is 0 Å². The van der Waals surface area contributed by atoms with Gasteiger partial charge in [0.2, 0.25) is 0 Å². The SMILES string of the molecule is CSC1CCC(NCc2ccc(Cl)c(Cl)c2)C1. The van der Waals surface area contributed by atoms with E-state index >= 15 is 0 Å². The lowest BCUT2D eigenvalue weighted by molar-refractivity contribution is 0.525. The quantitative estimate of drug-likeness (QED) is 0.884. The van der Waals surface area contributed by atoms with Crippen LogP contribution >= 0.6 is 35.0 Å². The fraction of sp³-hybridized carbons (Fsp3) is 0.538. The van der Waals surface area contributed by atoms with Gasteiger partial charge in [-0.2, -0.15) is 11.8 Å². The molecule has 0 aliphatic heterocycles. The molecule has 4 heteroatoms. The van der Waals surface area contributed by atoms with Crippen molar-refractivity contribution in [2.75, 3.05) is 6.26 Å². The van der Waals surface area contributed by atoms with Gasteiger partial charge in [0.25, 0.3) is 0 Å². The van der Waals surface area contributed by atoms with E-state index in [0.717, 1.165) is 11.8 Å². The molecule has 0 heterocycles. The summed E-state index contributed by atoms with van der Waals surface area (Å²) in [6.07, 6.45) is 6.10. The molecule has 94 valence electrons. The molecule has 2 rings (SSSR count). The van der Waals surface area contributed by atoms with Gasteiger partial charge >= 0.3 is 0 Å². The standard InChI is InChI=1S/C13H17Cl2NS/c1-17-11-4-3-10(7-11)16-8-9-2-5-12(14)13(15)6-9/h2,5-6,10-11,16H,3-4,7-8H2,1H3. The van der Waals surface area contributed by atoms with E-state index in [-0.39, 0.29) is 0 Å². The van der Waals surface area contributed by atoms with Gasteiger partial charge in [0.1, 0.15) is 0 Å². The highest BCUT2D eigenvalue weighted by molar-refractivity contribution is 7.99. The molecule has 1 aromatic carbocycles. The number of rotatable bonds is 4. The van der Waals surface area contributed by atoms with Crippen LogP contribution in [-0.2, 0) is 6.54 Å². The van der Waals surface area contributed by atoms with Crippen molar-refractivity contribution in [3.8, 4) is 0 Å². The minimum Gasteiger partial charge on any atom is -0.310 e. The molecule has 1 nitrogen and oxygen atoms in total. The molecule has 0 radical (unpaired) electrons. The van der Waals surface area contributed by atoms with E-state index in [2.05, 4.69) is 11.6 Å². The first-order valence-electron chi connectivity index (χ1n) is 5.89. The summed E-state index contributed by atoms with van der Waals surface area (Å²) >= 11 is 13.9. The van der Waals surface area contributed by atoms with Crippen molar-refractivity contribution in [2.24, 2.45) is 0 Å². The van der Waals surface area contributed by atoms with Crippen LogP contribution in [0.3, 0.4) is 0 Å². The maximum atomic E-state index is 5.99. The second-order valence-corrected chi connectivity index (χ2v) is 6.45. The molecule has 2 atom stereocenters. The minimum atomic E-state index is 0.624. The number of halogens is 2. The average molecular weight is 290 g/mol. The number of thioether (sulfide) groups is 1. The zero-order valence-corrected chi connectivity index (χ0v) is 12.2. The first-order valence-corrected chi connectivity index (χ1v) is 7.93. The van der Waals surface area contributed by atoms with E-state index in [1.165, 1.54) is 24.8 Å². The average Bonchev–Trinajstić information content (AvgIpc) is 2.79. The Hall–Kier alpha value is 0.110. The highest BCUT2D eigenvalue weighted by atomic mass is 35.5. The monoisotopic (exact) mass is 289 g/mol. The zero-order chi connectivity index (χ0) is 12.3. The molecule has 1 fully saturated rings. The smallest absolute Gasteiger partial charge is 0.0595 e. The second kappa shape index (κ2) is 6.33. The van der Waals surface area contributed by atoms with Crippen LogP contribution in [0.4, 0.5) is 0 Å². The summed E-state index contributed by atoms with van der Waals surface area (Å²) in [5.41, 5.74) is 1.20. The van der Waals surface area contributed by atoms with Crippen molar-refractivity contribution in [3.63, 3.8) is 0 Å².